The van der Waals surface area contributed by atoms with E-state index in [9.17, 15) is 4.21 Å². The fourth-order valence-corrected chi connectivity index (χ4v) is 5.97. The molecule has 5 aromatic rings. The molecule has 2 atom stereocenters. The van der Waals surface area contributed by atoms with Gasteiger partial charge in [0.05, 0.1) is 39.3 Å². The second-order valence-corrected chi connectivity index (χ2v) is 10.7. The summed E-state index contributed by atoms with van der Waals surface area (Å²) in [5, 5.41) is 9.96. The number of aromatic nitrogens is 6. The summed E-state index contributed by atoms with van der Waals surface area (Å²) in [6.07, 6.45) is 5.47. The third kappa shape index (κ3) is 3.83. The molecule has 9 heteroatoms. The second kappa shape index (κ2) is 9.22. The van der Waals surface area contributed by atoms with Gasteiger partial charge in [-0.1, -0.05) is 35.5 Å². The molecule has 1 aromatic carbocycles. The lowest BCUT2D eigenvalue weighted by Gasteiger charge is -2.32. The van der Waals surface area contributed by atoms with E-state index in [4.69, 9.17) is 14.7 Å². The van der Waals surface area contributed by atoms with E-state index < -0.39 is 10.8 Å². The van der Waals surface area contributed by atoms with E-state index in [0.29, 0.717) is 10.9 Å². The number of benzene rings is 1. The largest absolute Gasteiger partial charge is 0.381 e. The Balaban J connectivity index is 1.69. The van der Waals surface area contributed by atoms with Crippen molar-refractivity contribution in [2.45, 2.75) is 30.8 Å². The van der Waals surface area contributed by atoms with Gasteiger partial charge in [0.1, 0.15) is 10.7 Å². The smallest absolute Gasteiger partial charge is 0.144 e. The molecule has 0 amide bonds. The number of hydrogen-bond donors (Lipinski definition) is 0. The minimum atomic E-state index is -1.20. The van der Waals surface area contributed by atoms with Crippen LogP contribution in [-0.2, 0) is 22.6 Å². The van der Waals surface area contributed by atoms with Gasteiger partial charge < -0.3 is 9.30 Å². The van der Waals surface area contributed by atoms with Crippen molar-refractivity contribution in [1.82, 2.24) is 29.5 Å². The van der Waals surface area contributed by atoms with E-state index in [1.54, 1.807) is 10.9 Å². The number of rotatable bonds is 5. The zero-order chi connectivity index (χ0) is 24.8. The lowest BCUT2D eigenvalue weighted by atomic mass is 9.86. The maximum absolute atomic E-state index is 12.4. The molecule has 184 valence electrons. The van der Waals surface area contributed by atoms with Crippen LogP contribution in [0.25, 0.3) is 33.3 Å². The lowest BCUT2D eigenvalue weighted by molar-refractivity contribution is 0.0552. The van der Waals surface area contributed by atoms with Gasteiger partial charge in [-0.25, -0.2) is 9.67 Å². The van der Waals surface area contributed by atoms with Gasteiger partial charge in [-0.05, 0) is 49.4 Å². The van der Waals surface area contributed by atoms with Gasteiger partial charge in [0.15, 0.2) is 0 Å². The third-order valence-corrected chi connectivity index (χ3v) is 7.97. The second-order valence-electron chi connectivity index (χ2n) is 9.39. The summed E-state index contributed by atoms with van der Waals surface area (Å²) in [4.78, 5) is 9.88. The molecular weight excluding hydrogens is 472 g/mol. The van der Waals surface area contributed by atoms with Crippen LogP contribution in [0.3, 0.4) is 0 Å². The molecule has 1 saturated heterocycles. The molecule has 4 aromatic heterocycles. The minimum Gasteiger partial charge on any atom is -0.381 e. The van der Waals surface area contributed by atoms with Crippen molar-refractivity contribution in [2.75, 3.05) is 19.5 Å². The van der Waals surface area contributed by atoms with E-state index in [0.717, 1.165) is 65.1 Å². The fourth-order valence-electron chi connectivity index (χ4n) is 5.50. The van der Waals surface area contributed by atoms with Gasteiger partial charge in [-0.15, -0.1) is 5.10 Å². The first-order valence-electron chi connectivity index (χ1n) is 12.2. The first-order chi connectivity index (χ1) is 17.5. The van der Waals surface area contributed by atoms with Crippen LogP contribution in [0.15, 0.2) is 59.8 Å². The molecule has 0 saturated carbocycles. The van der Waals surface area contributed by atoms with E-state index in [1.807, 2.05) is 38.4 Å². The molecule has 0 spiro atoms. The Morgan fingerprint density at radius 3 is 2.58 bits per heavy atom. The number of nitrogens with zero attached hydrogens (tertiary/aromatic N) is 6. The summed E-state index contributed by atoms with van der Waals surface area (Å²) in [7, 11) is 0.700. The Morgan fingerprint density at radius 2 is 1.89 bits per heavy atom. The van der Waals surface area contributed by atoms with Crippen molar-refractivity contribution in [3.63, 3.8) is 0 Å². The molecule has 0 bridgehead atoms. The summed E-state index contributed by atoms with van der Waals surface area (Å²) < 4.78 is 22.3. The van der Waals surface area contributed by atoms with Crippen LogP contribution in [0, 0.1) is 12.8 Å². The van der Waals surface area contributed by atoms with E-state index in [1.165, 1.54) is 5.56 Å². The van der Waals surface area contributed by atoms with Crippen LogP contribution >= 0.6 is 0 Å². The number of aryl methyl sites for hydroxylation is 2. The van der Waals surface area contributed by atoms with Gasteiger partial charge in [0.2, 0.25) is 0 Å². The molecule has 8 nitrogen and oxygen atoms in total. The zero-order valence-corrected chi connectivity index (χ0v) is 21.4. The molecule has 6 rings (SSSR count). The summed E-state index contributed by atoms with van der Waals surface area (Å²) in [5.41, 5.74) is 6.65. The molecule has 0 N–H and O–H groups in total. The maximum atomic E-state index is 12.4. The first-order valence-corrected chi connectivity index (χ1v) is 13.7. The highest BCUT2D eigenvalue weighted by Gasteiger charge is 2.31. The van der Waals surface area contributed by atoms with Crippen LogP contribution < -0.4 is 0 Å². The van der Waals surface area contributed by atoms with Crippen LogP contribution in [0.4, 0.5) is 0 Å². The Kier molecular flexibility index (Phi) is 5.89. The highest BCUT2D eigenvalue weighted by Crippen LogP contribution is 2.40. The van der Waals surface area contributed by atoms with Crippen molar-refractivity contribution >= 4 is 32.9 Å². The van der Waals surface area contributed by atoms with Crippen LogP contribution in [0.5, 0.6) is 0 Å². The Morgan fingerprint density at radius 1 is 1.11 bits per heavy atom. The minimum absolute atomic E-state index is 0.0333. The van der Waals surface area contributed by atoms with Crippen LogP contribution in [0.1, 0.15) is 30.1 Å². The number of pyridine rings is 2. The summed E-state index contributed by atoms with van der Waals surface area (Å²) >= 11 is 0. The number of ether oxygens (including phenoxy) is 1. The maximum Gasteiger partial charge on any atom is 0.144 e. The predicted molar refractivity (Wildman–Crippen MR) is 140 cm³/mol. The zero-order valence-electron chi connectivity index (χ0n) is 20.6. The Bertz CT molecular complexity index is 1570. The highest BCUT2D eigenvalue weighted by molar-refractivity contribution is 7.84. The van der Waals surface area contributed by atoms with E-state index >= 15 is 0 Å². The molecule has 1 aliphatic heterocycles. The van der Waals surface area contributed by atoms with Crippen molar-refractivity contribution in [3.05, 3.63) is 66.0 Å². The van der Waals surface area contributed by atoms with Crippen molar-refractivity contribution in [1.29, 1.82) is 0 Å². The quantitative estimate of drug-likeness (QED) is 0.355. The van der Waals surface area contributed by atoms with Crippen LogP contribution in [-0.4, -0.2) is 53.2 Å². The topological polar surface area (TPSA) is 87.7 Å². The Labute approximate surface area is 211 Å². The van der Waals surface area contributed by atoms with Crippen molar-refractivity contribution in [3.8, 4) is 11.3 Å². The average Bonchev–Trinajstić information content (AvgIpc) is 3.41. The molecule has 5 heterocycles. The molecular formula is C27H28N6O2S. The van der Waals surface area contributed by atoms with Gasteiger partial charge in [-0.2, -0.15) is 0 Å². The SMILES string of the molecule is Cc1nnn(C)c1-c1cnc2c3ccc(S(C)=O)nc3n([C@H](c3ccccc3)C3CCOCC3)c2c1. The van der Waals surface area contributed by atoms with Gasteiger partial charge in [-0.3, -0.25) is 9.19 Å². The molecule has 0 radical (unpaired) electrons. The van der Waals surface area contributed by atoms with Crippen molar-refractivity contribution < 1.29 is 8.95 Å². The van der Waals surface area contributed by atoms with Gasteiger partial charge in [0.25, 0.3) is 0 Å². The number of fused-ring (bicyclic) bond motifs is 3. The molecule has 0 aliphatic carbocycles. The number of hydrogen-bond acceptors (Lipinski definition) is 6. The van der Waals surface area contributed by atoms with E-state index in [2.05, 4.69) is 45.2 Å². The summed E-state index contributed by atoms with van der Waals surface area (Å²) in [6.45, 7) is 3.44. The third-order valence-electron chi connectivity index (χ3n) is 7.15. The van der Waals surface area contributed by atoms with Gasteiger partial charge in [0, 0.05) is 43.7 Å². The monoisotopic (exact) mass is 500 g/mol. The molecule has 1 unspecified atom stereocenters. The highest BCUT2D eigenvalue weighted by atomic mass is 32.2. The summed E-state index contributed by atoms with van der Waals surface area (Å²) in [6, 6.07) is 16.7. The lowest BCUT2D eigenvalue weighted by Crippen LogP contribution is -2.27. The van der Waals surface area contributed by atoms with Gasteiger partial charge >= 0.3 is 0 Å². The van der Waals surface area contributed by atoms with E-state index in [-0.39, 0.29) is 6.04 Å². The van der Waals surface area contributed by atoms with Crippen LogP contribution in [0.2, 0.25) is 0 Å². The molecule has 1 fully saturated rings. The molecule has 36 heavy (non-hydrogen) atoms. The summed E-state index contributed by atoms with van der Waals surface area (Å²) in [5.74, 6) is 0.362. The average molecular weight is 501 g/mol. The standard InChI is InChI=1S/C27H28N6O2S/c1-17-25(32(2)31-30-17)20-15-22-24(28-16-20)21-9-10-23(36(3)34)29-27(21)33(22)26(18-7-5-4-6-8-18)19-11-13-35-14-12-19/h4-10,15-16,19,26H,11-14H2,1-3H3/t26-,36?/m1/s1. The molecule has 1 aliphatic rings. The predicted octanol–water partition coefficient (Wildman–Crippen LogP) is 4.44. The Hall–Kier alpha value is -3.43. The first kappa shape index (κ1) is 23.0. The normalized spacial score (nSPS) is 16.5. The fraction of sp³-hybridized carbons (Fsp3) is 0.333. The van der Waals surface area contributed by atoms with Crippen molar-refractivity contribution in [2.24, 2.45) is 13.0 Å².